The van der Waals surface area contributed by atoms with Gasteiger partial charge in [0.15, 0.2) is 12.4 Å². The molecule has 0 amide bonds. The predicted molar refractivity (Wildman–Crippen MR) is 26.8 cm³/mol. The summed E-state index contributed by atoms with van der Waals surface area (Å²) < 4.78 is 0.688. The maximum atomic E-state index is 10.1. The zero-order valence-electron chi connectivity index (χ0n) is 4.11. The van der Waals surface area contributed by atoms with Crippen molar-refractivity contribution in [1.82, 2.24) is 4.98 Å². The Balaban J connectivity index is 0.000000490. The van der Waals surface area contributed by atoms with Gasteiger partial charge in [0.2, 0.25) is 0 Å². The van der Waals surface area contributed by atoms with Crippen molar-refractivity contribution in [3.8, 4) is 0 Å². The van der Waals surface area contributed by atoms with E-state index >= 15 is 0 Å². The van der Waals surface area contributed by atoms with E-state index in [2.05, 4.69) is 4.98 Å². The molecule has 0 unspecified atom stereocenters. The second-order valence-electron chi connectivity index (χ2n) is 1.11. The molecule has 0 atom stereocenters. The molecule has 1 heterocycles. The lowest BCUT2D eigenvalue weighted by atomic mass is 10.8. The molecule has 0 aliphatic heterocycles. The van der Waals surface area contributed by atoms with Crippen LogP contribution in [0.3, 0.4) is 0 Å². The first-order valence-electron chi connectivity index (χ1n) is 1.88. The molecule has 1 rings (SSSR count). The van der Waals surface area contributed by atoms with E-state index < -0.39 is 0 Å². The Morgan fingerprint density at radius 2 is 1.75 bits per heavy atom. The normalized spacial score (nSPS) is 7.50. The van der Waals surface area contributed by atoms with Gasteiger partial charge in [-0.15, -0.1) is 0 Å². The van der Waals surface area contributed by atoms with E-state index in [1.165, 1.54) is 24.8 Å². The zero-order chi connectivity index (χ0) is 5.11. The van der Waals surface area contributed by atoms with Gasteiger partial charge in [-0.1, -0.05) is 0 Å². The second kappa shape index (κ2) is 2.92. The third-order valence-electron chi connectivity index (χ3n) is 0.599. The van der Waals surface area contributed by atoms with Crippen molar-refractivity contribution in [1.29, 1.82) is 0 Å². The third-order valence-corrected chi connectivity index (χ3v) is 0.599. The molecule has 2 N–H and O–H groups in total. The van der Waals surface area contributed by atoms with Gasteiger partial charge in [0.05, 0.1) is 12.4 Å². The second-order valence-corrected chi connectivity index (χ2v) is 1.11. The first kappa shape index (κ1) is 6.84. The fourth-order valence-electron chi connectivity index (χ4n) is 0.308. The predicted octanol–water partition coefficient (Wildman–Crippen LogP) is -1.11. The van der Waals surface area contributed by atoms with Crippen molar-refractivity contribution in [3.63, 3.8) is 0 Å². The highest BCUT2D eigenvalue weighted by molar-refractivity contribution is 4.63. The molecule has 0 saturated carbocycles. The van der Waals surface area contributed by atoms with E-state index in [9.17, 15) is 5.21 Å². The van der Waals surface area contributed by atoms with Gasteiger partial charge < -0.3 is 10.7 Å². The fourth-order valence-corrected chi connectivity index (χ4v) is 0.308. The quantitative estimate of drug-likeness (QED) is 0.317. The van der Waals surface area contributed by atoms with E-state index in [0.717, 1.165) is 0 Å². The van der Waals surface area contributed by atoms with E-state index in [1.807, 2.05) is 0 Å². The van der Waals surface area contributed by atoms with Gasteiger partial charge in [0.1, 0.15) is 0 Å². The fraction of sp³-hybridized carbons (Fsp3) is 0. The Morgan fingerprint density at radius 3 is 2.00 bits per heavy atom. The number of nitrogens with zero attached hydrogens (tertiary/aromatic N) is 2. The highest BCUT2D eigenvalue weighted by Gasteiger charge is 1.76. The molecule has 0 aromatic carbocycles. The molecule has 4 nitrogen and oxygen atoms in total. The van der Waals surface area contributed by atoms with Crippen LogP contribution in [0.5, 0.6) is 0 Å². The average Bonchev–Trinajstić information content (AvgIpc) is 1.69. The summed E-state index contributed by atoms with van der Waals surface area (Å²) in [6.45, 7) is 0. The molecule has 1 aromatic rings. The Morgan fingerprint density at radius 1 is 1.25 bits per heavy atom. The maximum Gasteiger partial charge on any atom is 0.198 e. The van der Waals surface area contributed by atoms with Crippen molar-refractivity contribution in [2.75, 3.05) is 0 Å². The monoisotopic (exact) mass is 114 g/mol. The lowest BCUT2D eigenvalue weighted by Gasteiger charge is -1.87. The summed E-state index contributed by atoms with van der Waals surface area (Å²) in [6, 6.07) is 0. The summed E-state index contributed by atoms with van der Waals surface area (Å²) >= 11 is 0. The number of hydrogen-bond acceptors (Lipinski definition) is 2. The Hall–Kier alpha value is -1.16. The van der Waals surface area contributed by atoms with Crippen LogP contribution < -0.4 is 4.73 Å². The molecule has 0 fully saturated rings. The van der Waals surface area contributed by atoms with Crippen LogP contribution in [0.25, 0.3) is 0 Å². The lowest BCUT2D eigenvalue weighted by molar-refractivity contribution is -0.606. The topological polar surface area (TPSA) is 71.3 Å². The summed E-state index contributed by atoms with van der Waals surface area (Å²) in [5.74, 6) is 0. The molecule has 0 bridgehead atoms. The molecule has 1 aromatic heterocycles. The molecule has 0 aliphatic carbocycles. The van der Waals surface area contributed by atoms with Crippen molar-refractivity contribution in [3.05, 3.63) is 30.0 Å². The van der Waals surface area contributed by atoms with Crippen LogP contribution in [-0.4, -0.2) is 10.5 Å². The largest absolute Gasteiger partial charge is 0.619 e. The summed E-state index contributed by atoms with van der Waals surface area (Å²) in [4.78, 5) is 3.62. The van der Waals surface area contributed by atoms with Gasteiger partial charge >= 0.3 is 0 Å². The highest BCUT2D eigenvalue weighted by atomic mass is 16.5. The van der Waals surface area contributed by atoms with Crippen molar-refractivity contribution in [2.24, 2.45) is 0 Å². The smallest absolute Gasteiger partial charge is 0.198 e. The molecule has 0 spiro atoms. The van der Waals surface area contributed by atoms with Crippen molar-refractivity contribution in [2.45, 2.75) is 0 Å². The third kappa shape index (κ3) is 1.53. The van der Waals surface area contributed by atoms with Gasteiger partial charge in [-0.2, -0.15) is 4.73 Å². The molecule has 4 heteroatoms. The molecule has 0 aliphatic rings. The maximum absolute atomic E-state index is 10.1. The first-order valence-corrected chi connectivity index (χ1v) is 1.88. The van der Waals surface area contributed by atoms with Gasteiger partial charge in [-0.3, -0.25) is 4.98 Å². The summed E-state index contributed by atoms with van der Waals surface area (Å²) in [7, 11) is 0. The van der Waals surface area contributed by atoms with Crippen LogP contribution in [0.15, 0.2) is 24.8 Å². The minimum absolute atomic E-state index is 0. The van der Waals surface area contributed by atoms with Gasteiger partial charge in [-0.05, 0) is 0 Å². The molecular weight excluding hydrogens is 108 g/mol. The molecular formula is C4H6N2O2. The minimum Gasteiger partial charge on any atom is -0.619 e. The van der Waals surface area contributed by atoms with Gasteiger partial charge in [-0.25, -0.2) is 0 Å². The SMILES string of the molecule is O.[O-][n+]1ccncc1. The Labute approximate surface area is 46.3 Å². The van der Waals surface area contributed by atoms with Crippen LogP contribution in [-0.2, 0) is 0 Å². The van der Waals surface area contributed by atoms with Crippen LogP contribution in [0.2, 0.25) is 0 Å². The zero-order valence-corrected chi connectivity index (χ0v) is 4.11. The molecule has 0 radical (unpaired) electrons. The highest BCUT2D eigenvalue weighted by Crippen LogP contribution is 1.63. The number of rotatable bonds is 0. The summed E-state index contributed by atoms with van der Waals surface area (Å²) in [5.41, 5.74) is 0. The Bertz CT molecular complexity index is 142. The number of hydrogen-bond donors (Lipinski definition) is 0. The lowest BCUT2D eigenvalue weighted by Crippen LogP contribution is -2.23. The summed E-state index contributed by atoms with van der Waals surface area (Å²) in [5, 5.41) is 10.1. The van der Waals surface area contributed by atoms with E-state index in [1.54, 1.807) is 0 Å². The van der Waals surface area contributed by atoms with Crippen LogP contribution in [0.1, 0.15) is 0 Å². The average molecular weight is 114 g/mol. The molecule has 8 heavy (non-hydrogen) atoms. The number of aromatic nitrogens is 2. The van der Waals surface area contributed by atoms with Crippen LogP contribution in [0, 0.1) is 5.21 Å². The van der Waals surface area contributed by atoms with Crippen molar-refractivity contribution >= 4 is 0 Å². The van der Waals surface area contributed by atoms with Gasteiger partial charge in [0, 0.05) is 0 Å². The van der Waals surface area contributed by atoms with E-state index in [0.29, 0.717) is 4.73 Å². The van der Waals surface area contributed by atoms with Crippen LogP contribution in [0.4, 0.5) is 0 Å². The van der Waals surface area contributed by atoms with E-state index in [-0.39, 0.29) is 5.48 Å². The van der Waals surface area contributed by atoms with E-state index in [4.69, 9.17) is 0 Å². The van der Waals surface area contributed by atoms with Crippen LogP contribution >= 0.6 is 0 Å². The van der Waals surface area contributed by atoms with Crippen molar-refractivity contribution < 1.29 is 10.2 Å². The Kier molecular flexibility index (Phi) is 2.50. The summed E-state index contributed by atoms with van der Waals surface area (Å²) in [6.07, 6.45) is 5.54. The minimum atomic E-state index is 0. The molecule has 44 valence electrons. The molecule has 0 saturated heterocycles. The van der Waals surface area contributed by atoms with Gasteiger partial charge in [0.25, 0.3) is 0 Å². The standard InChI is InChI=1S/C4H4N2O.H2O/c7-6-3-1-5-2-4-6;/h1-4H;1H2. The first-order chi connectivity index (χ1) is 3.39.